The van der Waals surface area contributed by atoms with Crippen molar-refractivity contribution in [2.24, 2.45) is 11.8 Å². The number of anilines is 1. The molecule has 0 saturated carbocycles. The highest BCUT2D eigenvalue weighted by molar-refractivity contribution is 5.66. The average molecular weight is 335 g/mol. The summed E-state index contributed by atoms with van der Waals surface area (Å²) in [5, 5.41) is 0. The Bertz CT molecular complexity index is 741. The Morgan fingerprint density at radius 2 is 1.60 bits per heavy atom. The molecule has 0 bridgehead atoms. The first kappa shape index (κ1) is 16.6. The number of aryl methyl sites for hydroxylation is 2. The van der Waals surface area contributed by atoms with Crippen molar-refractivity contribution in [3.05, 3.63) is 41.1 Å². The van der Waals surface area contributed by atoms with Gasteiger partial charge in [0.25, 0.3) is 0 Å². The molecule has 2 aliphatic rings. The molecule has 2 atom stereocenters. The van der Waals surface area contributed by atoms with Gasteiger partial charge in [-0.3, -0.25) is 0 Å². The summed E-state index contributed by atoms with van der Waals surface area (Å²) in [6.07, 6.45) is 6.04. The van der Waals surface area contributed by atoms with Crippen LogP contribution in [0.15, 0.2) is 24.3 Å². The van der Waals surface area contributed by atoms with Crippen LogP contribution in [0.3, 0.4) is 0 Å². The van der Waals surface area contributed by atoms with Crippen LogP contribution >= 0.6 is 0 Å². The van der Waals surface area contributed by atoms with Crippen LogP contribution in [0.5, 0.6) is 0 Å². The molecule has 0 spiro atoms. The van der Waals surface area contributed by atoms with E-state index in [-0.39, 0.29) is 0 Å². The predicted molar refractivity (Wildman–Crippen MR) is 104 cm³/mol. The van der Waals surface area contributed by atoms with Crippen LogP contribution in [-0.4, -0.2) is 23.1 Å². The Morgan fingerprint density at radius 1 is 0.920 bits per heavy atom. The van der Waals surface area contributed by atoms with Crippen molar-refractivity contribution in [3.63, 3.8) is 0 Å². The van der Waals surface area contributed by atoms with Crippen molar-refractivity contribution in [2.75, 3.05) is 18.0 Å². The first-order chi connectivity index (χ1) is 12.1. The van der Waals surface area contributed by atoms with Crippen LogP contribution in [0.2, 0.25) is 0 Å². The lowest BCUT2D eigenvalue weighted by Crippen LogP contribution is -2.40. The van der Waals surface area contributed by atoms with E-state index in [1.54, 1.807) is 0 Å². The van der Waals surface area contributed by atoms with Crippen molar-refractivity contribution in [1.29, 1.82) is 0 Å². The van der Waals surface area contributed by atoms with E-state index in [4.69, 9.17) is 9.97 Å². The molecule has 1 aromatic heterocycles. The van der Waals surface area contributed by atoms with E-state index in [0.717, 1.165) is 31.9 Å². The van der Waals surface area contributed by atoms with Gasteiger partial charge in [-0.25, -0.2) is 9.97 Å². The Kier molecular flexibility index (Phi) is 4.49. The van der Waals surface area contributed by atoms with E-state index >= 15 is 0 Å². The second-order valence-corrected chi connectivity index (χ2v) is 8.22. The Balaban J connectivity index is 1.78. The zero-order valence-electron chi connectivity index (χ0n) is 15.8. The minimum absolute atomic E-state index is 0.714. The molecule has 3 nitrogen and oxygen atoms in total. The van der Waals surface area contributed by atoms with E-state index in [2.05, 4.69) is 49.9 Å². The topological polar surface area (TPSA) is 29.0 Å². The van der Waals surface area contributed by atoms with Crippen molar-refractivity contribution in [1.82, 2.24) is 9.97 Å². The first-order valence-electron chi connectivity index (χ1n) is 9.82. The average Bonchev–Trinajstić information content (AvgIpc) is 2.61. The Labute approximate surface area is 151 Å². The minimum atomic E-state index is 0.714. The van der Waals surface area contributed by atoms with E-state index in [1.807, 2.05) is 0 Å². The maximum Gasteiger partial charge on any atom is 0.226 e. The number of hydrogen-bond donors (Lipinski definition) is 0. The molecular formula is C22H29N3. The molecular weight excluding hydrogens is 306 g/mol. The number of hydrogen-bond acceptors (Lipinski definition) is 3. The van der Waals surface area contributed by atoms with Crippen molar-refractivity contribution in [3.8, 4) is 11.3 Å². The van der Waals surface area contributed by atoms with E-state index in [0.29, 0.717) is 11.8 Å². The van der Waals surface area contributed by atoms with Gasteiger partial charge in [0.1, 0.15) is 0 Å². The second kappa shape index (κ2) is 6.78. The zero-order valence-corrected chi connectivity index (χ0v) is 15.8. The summed E-state index contributed by atoms with van der Waals surface area (Å²) in [5.74, 6) is 2.38. The highest BCUT2D eigenvalue weighted by Crippen LogP contribution is 2.33. The lowest BCUT2D eigenvalue weighted by molar-refractivity contribution is 0.353. The van der Waals surface area contributed by atoms with Crippen molar-refractivity contribution in [2.45, 2.75) is 52.9 Å². The summed E-state index contributed by atoms with van der Waals surface area (Å²) in [7, 11) is 0. The highest BCUT2D eigenvalue weighted by Gasteiger charge is 2.26. The van der Waals surface area contributed by atoms with Gasteiger partial charge >= 0.3 is 0 Å². The molecule has 0 N–H and O–H groups in total. The molecule has 25 heavy (non-hydrogen) atoms. The number of rotatable bonds is 2. The quantitative estimate of drug-likeness (QED) is 0.788. The molecule has 3 heteroatoms. The van der Waals surface area contributed by atoms with E-state index < -0.39 is 0 Å². The van der Waals surface area contributed by atoms with Crippen LogP contribution < -0.4 is 4.90 Å². The van der Waals surface area contributed by atoms with Gasteiger partial charge in [0.2, 0.25) is 5.95 Å². The fourth-order valence-corrected chi connectivity index (χ4v) is 4.50. The third-order valence-electron chi connectivity index (χ3n) is 5.65. The van der Waals surface area contributed by atoms with E-state index in [1.165, 1.54) is 47.3 Å². The molecule has 2 heterocycles. The second-order valence-electron chi connectivity index (χ2n) is 8.22. The van der Waals surface area contributed by atoms with Gasteiger partial charge in [0.15, 0.2) is 0 Å². The summed E-state index contributed by atoms with van der Waals surface area (Å²) in [6, 6.07) is 8.82. The smallest absolute Gasteiger partial charge is 0.226 e. The minimum Gasteiger partial charge on any atom is -0.340 e. The van der Waals surface area contributed by atoms with Crippen LogP contribution in [0, 0.1) is 18.8 Å². The van der Waals surface area contributed by atoms with Gasteiger partial charge in [0, 0.05) is 29.9 Å². The molecule has 4 rings (SSSR count). The normalized spacial score (nSPS) is 23.4. The molecule has 0 radical (unpaired) electrons. The van der Waals surface area contributed by atoms with Gasteiger partial charge in [-0.1, -0.05) is 43.7 Å². The number of fused-ring (bicyclic) bond motifs is 1. The molecule has 132 valence electrons. The van der Waals surface area contributed by atoms with Gasteiger partial charge in [-0.05, 0) is 50.9 Å². The Hall–Kier alpha value is -1.90. The molecule has 1 aromatic carbocycles. The van der Waals surface area contributed by atoms with Gasteiger partial charge in [0.05, 0.1) is 5.69 Å². The van der Waals surface area contributed by atoms with Crippen LogP contribution in [0.4, 0.5) is 5.95 Å². The summed E-state index contributed by atoms with van der Waals surface area (Å²) in [5.41, 5.74) is 6.39. The lowest BCUT2D eigenvalue weighted by atomic mass is 9.91. The molecule has 1 saturated heterocycles. The zero-order chi connectivity index (χ0) is 17.4. The monoisotopic (exact) mass is 335 g/mol. The molecule has 0 unspecified atom stereocenters. The maximum atomic E-state index is 5.09. The standard InChI is InChI=1S/C22H29N3/c1-15-8-10-18(11-9-15)21-19-6-4-5-7-20(19)23-22(24-21)25-13-16(2)12-17(3)14-25/h8-11,16-17H,4-7,12-14H2,1-3H3/t16-,17-/m0/s1. The van der Waals surface area contributed by atoms with Gasteiger partial charge < -0.3 is 4.90 Å². The summed E-state index contributed by atoms with van der Waals surface area (Å²) in [4.78, 5) is 12.5. The first-order valence-corrected chi connectivity index (χ1v) is 9.82. The summed E-state index contributed by atoms with van der Waals surface area (Å²) < 4.78 is 0. The number of nitrogens with zero attached hydrogens (tertiary/aromatic N) is 3. The predicted octanol–water partition coefficient (Wildman–Crippen LogP) is 4.81. The third-order valence-corrected chi connectivity index (χ3v) is 5.65. The third kappa shape index (κ3) is 3.42. The Morgan fingerprint density at radius 3 is 2.32 bits per heavy atom. The SMILES string of the molecule is Cc1ccc(-c2nc(N3C[C@@H](C)C[C@H](C)C3)nc3c2CCCC3)cc1. The fourth-order valence-electron chi connectivity index (χ4n) is 4.50. The van der Waals surface area contributed by atoms with Crippen LogP contribution in [0.25, 0.3) is 11.3 Å². The molecule has 1 aliphatic heterocycles. The maximum absolute atomic E-state index is 5.09. The summed E-state index contributed by atoms with van der Waals surface area (Å²) >= 11 is 0. The molecule has 2 aromatic rings. The lowest BCUT2D eigenvalue weighted by Gasteiger charge is -2.35. The molecule has 0 amide bonds. The highest BCUT2D eigenvalue weighted by atomic mass is 15.3. The molecule has 1 fully saturated rings. The van der Waals surface area contributed by atoms with E-state index in [9.17, 15) is 0 Å². The van der Waals surface area contributed by atoms with Crippen LogP contribution in [-0.2, 0) is 12.8 Å². The van der Waals surface area contributed by atoms with Gasteiger partial charge in [-0.15, -0.1) is 0 Å². The number of piperidine rings is 1. The number of aromatic nitrogens is 2. The van der Waals surface area contributed by atoms with Gasteiger partial charge in [-0.2, -0.15) is 0 Å². The molecule has 1 aliphatic carbocycles. The summed E-state index contributed by atoms with van der Waals surface area (Å²) in [6.45, 7) is 9.00. The largest absolute Gasteiger partial charge is 0.340 e. The fraction of sp³-hybridized carbons (Fsp3) is 0.545. The van der Waals surface area contributed by atoms with Crippen LogP contribution in [0.1, 0.15) is 49.9 Å². The van der Waals surface area contributed by atoms with Crippen molar-refractivity contribution < 1.29 is 0 Å². The van der Waals surface area contributed by atoms with Crippen molar-refractivity contribution >= 4 is 5.95 Å². The number of benzene rings is 1.